The normalized spacial score (nSPS) is 15.8. The van der Waals surface area contributed by atoms with Gasteiger partial charge in [-0.15, -0.1) is 11.3 Å². The van der Waals surface area contributed by atoms with Crippen LogP contribution in [-0.2, 0) is 4.79 Å². The molecule has 6 heteroatoms. The van der Waals surface area contributed by atoms with Crippen molar-refractivity contribution in [2.45, 2.75) is 5.92 Å². The Morgan fingerprint density at radius 1 is 1.03 bits per heavy atom. The first-order valence-electron chi connectivity index (χ1n) is 9.71. The van der Waals surface area contributed by atoms with Crippen molar-refractivity contribution in [3.8, 4) is 11.3 Å². The van der Waals surface area contributed by atoms with Gasteiger partial charge in [0.1, 0.15) is 0 Å². The van der Waals surface area contributed by atoms with Crippen molar-refractivity contribution < 1.29 is 9.59 Å². The SMILES string of the molecule is CN1CC(C(=O)Nc2nc(-c3cccc4ccccc34)cs2)c2ccccc2C1=O. The minimum Gasteiger partial charge on any atom is -0.341 e. The largest absolute Gasteiger partial charge is 0.341 e. The lowest BCUT2D eigenvalue weighted by atomic mass is 9.89. The highest BCUT2D eigenvalue weighted by Crippen LogP contribution is 2.32. The third-order valence-corrected chi connectivity index (χ3v) is 6.24. The number of amides is 2. The first kappa shape index (κ1) is 18.5. The molecule has 0 radical (unpaired) electrons. The molecule has 1 unspecified atom stereocenters. The van der Waals surface area contributed by atoms with Crippen molar-refractivity contribution in [1.29, 1.82) is 0 Å². The number of carbonyl (C=O) groups excluding carboxylic acids is 2. The van der Waals surface area contributed by atoms with Crippen LogP contribution in [-0.4, -0.2) is 35.3 Å². The molecule has 5 rings (SSSR count). The number of nitrogens with zero attached hydrogens (tertiary/aromatic N) is 2. The van der Waals surface area contributed by atoms with Crippen LogP contribution in [0.5, 0.6) is 0 Å². The summed E-state index contributed by atoms with van der Waals surface area (Å²) in [6.07, 6.45) is 0. The minimum atomic E-state index is -0.422. The molecule has 0 aliphatic carbocycles. The molecule has 0 bridgehead atoms. The quantitative estimate of drug-likeness (QED) is 0.526. The van der Waals surface area contributed by atoms with Gasteiger partial charge < -0.3 is 10.2 Å². The van der Waals surface area contributed by atoms with Crippen LogP contribution in [0, 0.1) is 0 Å². The Labute approximate surface area is 178 Å². The molecule has 3 aromatic carbocycles. The lowest BCUT2D eigenvalue weighted by molar-refractivity contribution is -0.117. The van der Waals surface area contributed by atoms with Crippen LogP contribution in [0.2, 0.25) is 0 Å². The van der Waals surface area contributed by atoms with Crippen molar-refractivity contribution in [2.24, 2.45) is 0 Å². The molecule has 1 N–H and O–H groups in total. The van der Waals surface area contributed by atoms with E-state index in [2.05, 4.69) is 28.5 Å². The van der Waals surface area contributed by atoms with Gasteiger partial charge in [-0.1, -0.05) is 60.7 Å². The van der Waals surface area contributed by atoms with E-state index in [4.69, 9.17) is 0 Å². The maximum atomic E-state index is 13.1. The van der Waals surface area contributed by atoms with E-state index in [1.54, 1.807) is 18.0 Å². The molecular weight excluding hydrogens is 394 g/mol. The number of aromatic nitrogens is 1. The second kappa shape index (κ2) is 7.39. The molecule has 0 saturated carbocycles. The van der Waals surface area contributed by atoms with Crippen molar-refractivity contribution in [2.75, 3.05) is 18.9 Å². The molecule has 4 aromatic rings. The van der Waals surface area contributed by atoms with E-state index in [-0.39, 0.29) is 11.8 Å². The zero-order valence-electron chi connectivity index (χ0n) is 16.3. The van der Waals surface area contributed by atoms with Crippen LogP contribution in [0.15, 0.2) is 72.1 Å². The highest BCUT2D eigenvalue weighted by Gasteiger charge is 2.33. The number of carbonyl (C=O) groups is 2. The van der Waals surface area contributed by atoms with E-state index in [0.29, 0.717) is 17.2 Å². The Kier molecular flexibility index (Phi) is 4.56. The fourth-order valence-electron chi connectivity index (χ4n) is 3.98. The van der Waals surface area contributed by atoms with Crippen LogP contribution in [0.1, 0.15) is 21.8 Å². The number of nitrogens with one attached hydrogen (secondary N) is 1. The van der Waals surface area contributed by atoms with E-state index >= 15 is 0 Å². The zero-order valence-corrected chi connectivity index (χ0v) is 17.1. The zero-order chi connectivity index (χ0) is 20.7. The van der Waals surface area contributed by atoms with Crippen LogP contribution >= 0.6 is 11.3 Å². The second-order valence-electron chi connectivity index (χ2n) is 7.38. The monoisotopic (exact) mass is 413 g/mol. The van der Waals surface area contributed by atoms with Gasteiger partial charge in [0.15, 0.2) is 5.13 Å². The summed E-state index contributed by atoms with van der Waals surface area (Å²) in [6, 6.07) is 21.6. The molecule has 5 nitrogen and oxygen atoms in total. The van der Waals surface area contributed by atoms with Gasteiger partial charge in [-0.2, -0.15) is 0 Å². The smallest absolute Gasteiger partial charge is 0.253 e. The first-order chi connectivity index (χ1) is 14.6. The molecule has 0 fully saturated rings. The molecule has 2 heterocycles. The van der Waals surface area contributed by atoms with Gasteiger partial charge in [-0.25, -0.2) is 4.98 Å². The Morgan fingerprint density at radius 3 is 2.67 bits per heavy atom. The van der Waals surface area contributed by atoms with E-state index < -0.39 is 5.92 Å². The van der Waals surface area contributed by atoms with Gasteiger partial charge in [0, 0.05) is 30.1 Å². The van der Waals surface area contributed by atoms with E-state index in [0.717, 1.165) is 27.6 Å². The summed E-state index contributed by atoms with van der Waals surface area (Å²) in [5.41, 5.74) is 3.23. The van der Waals surface area contributed by atoms with Crippen molar-refractivity contribution >= 4 is 39.1 Å². The number of benzene rings is 3. The summed E-state index contributed by atoms with van der Waals surface area (Å²) < 4.78 is 0. The number of thiazole rings is 1. The van der Waals surface area contributed by atoms with Gasteiger partial charge >= 0.3 is 0 Å². The molecule has 0 spiro atoms. The van der Waals surface area contributed by atoms with Crippen molar-refractivity contribution in [1.82, 2.24) is 9.88 Å². The summed E-state index contributed by atoms with van der Waals surface area (Å²) in [5, 5.41) is 7.75. The summed E-state index contributed by atoms with van der Waals surface area (Å²) in [7, 11) is 1.72. The summed E-state index contributed by atoms with van der Waals surface area (Å²) in [5.74, 6) is -0.628. The number of hydrogen-bond donors (Lipinski definition) is 1. The fourth-order valence-corrected chi connectivity index (χ4v) is 4.69. The molecule has 0 saturated heterocycles. The minimum absolute atomic E-state index is 0.0536. The van der Waals surface area contributed by atoms with E-state index in [1.807, 2.05) is 47.8 Å². The van der Waals surface area contributed by atoms with E-state index in [1.165, 1.54) is 11.3 Å². The van der Waals surface area contributed by atoms with Gasteiger partial charge in [0.05, 0.1) is 11.6 Å². The maximum absolute atomic E-state index is 13.1. The van der Waals surface area contributed by atoms with Crippen LogP contribution in [0.4, 0.5) is 5.13 Å². The molecule has 1 atom stereocenters. The molecule has 1 aliphatic heterocycles. The molecule has 2 amide bonds. The Balaban J connectivity index is 1.43. The molecule has 1 aliphatic rings. The summed E-state index contributed by atoms with van der Waals surface area (Å²) in [6.45, 7) is 0.350. The second-order valence-corrected chi connectivity index (χ2v) is 8.24. The Morgan fingerprint density at radius 2 is 1.77 bits per heavy atom. The average molecular weight is 414 g/mol. The Hall–Kier alpha value is -3.51. The highest BCUT2D eigenvalue weighted by atomic mass is 32.1. The first-order valence-corrected chi connectivity index (χ1v) is 10.6. The standard InChI is InChI=1S/C24H19N3O2S/c1-27-13-20(17-10-4-5-11-19(17)23(27)29)22(28)26-24-25-21(14-30-24)18-12-6-8-15-7-2-3-9-16(15)18/h2-12,14,20H,13H2,1H3,(H,25,26,28). The molecule has 30 heavy (non-hydrogen) atoms. The number of fused-ring (bicyclic) bond motifs is 2. The van der Waals surface area contributed by atoms with Gasteiger partial charge in [0.25, 0.3) is 5.91 Å². The predicted molar refractivity (Wildman–Crippen MR) is 120 cm³/mol. The maximum Gasteiger partial charge on any atom is 0.253 e. The highest BCUT2D eigenvalue weighted by molar-refractivity contribution is 7.14. The number of anilines is 1. The summed E-state index contributed by atoms with van der Waals surface area (Å²) >= 11 is 1.40. The topological polar surface area (TPSA) is 62.3 Å². The number of hydrogen-bond acceptors (Lipinski definition) is 4. The molecule has 1 aromatic heterocycles. The molecular formula is C24H19N3O2S. The lowest BCUT2D eigenvalue weighted by Crippen LogP contribution is -2.41. The predicted octanol–water partition coefficient (Wildman–Crippen LogP) is 4.77. The van der Waals surface area contributed by atoms with Crippen molar-refractivity contribution in [3.63, 3.8) is 0 Å². The Bertz CT molecular complexity index is 1270. The number of likely N-dealkylation sites (N-methyl/N-ethyl adjacent to an activating group) is 1. The third-order valence-electron chi connectivity index (χ3n) is 5.49. The van der Waals surface area contributed by atoms with Gasteiger partial charge in [-0.3, -0.25) is 9.59 Å². The third kappa shape index (κ3) is 3.15. The average Bonchev–Trinajstić information content (AvgIpc) is 3.24. The van der Waals surface area contributed by atoms with Gasteiger partial charge in [0.2, 0.25) is 5.91 Å². The van der Waals surface area contributed by atoms with Crippen LogP contribution in [0.25, 0.3) is 22.0 Å². The van der Waals surface area contributed by atoms with Crippen LogP contribution in [0.3, 0.4) is 0 Å². The fraction of sp³-hybridized carbons (Fsp3) is 0.125. The summed E-state index contributed by atoms with van der Waals surface area (Å²) in [4.78, 5) is 31.7. The lowest BCUT2D eigenvalue weighted by Gasteiger charge is -2.30. The van der Waals surface area contributed by atoms with Gasteiger partial charge in [-0.05, 0) is 22.4 Å². The van der Waals surface area contributed by atoms with Crippen molar-refractivity contribution in [3.05, 3.63) is 83.2 Å². The van der Waals surface area contributed by atoms with Crippen LogP contribution < -0.4 is 5.32 Å². The number of rotatable bonds is 3. The van der Waals surface area contributed by atoms with E-state index in [9.17, 15) is 9.59 Å². The molecule has 148 valence electrons.